The van der Waals surface area contributed by atoms with E-state index in [1.807, 2.05) is 45.0 Å². The molecule has 1 aliphatic heterocycles. The number of ether oxygens (including phenoxy) is 2. The number of ketones is 1. The quantitative estimate of drug-likeness (QED) is 0.182. The summed E-state index contributed by atoms with van der Waals surface area (Å²) in [5.41, 5.74) is 3.65. The molecule has 0 spiro atoms. The van der Waals surface area contributed by atoms with Crippen molar-refractivity contribution in [2.24, 2.45) is 0 Å². The number of Topliss-reactive ketones (excluding diaryl/α,β-unsaturated/α-hetero) is 1. The average molecular weight is 514 g/mol. The lowest BCUT2D eigenvalue weighted by atomic mass is 9.92. The van der Waals surface area contributed by atoms with Crippen LogP contribution in [0.2, 0.25) is 0 Å². The molecule has 1 N–H and O–H groups in total. The number of hydrogen-bond acceptors (Lipinski definition) is 6. The predicted molar refractivity (Wildman–Crippen MR) is 145 cm³/mol. The van der Waals surface area contributed by atoms with Gasteiger partial charge >= 0.3 is 5.97 Å². The van der Waals surface area contributed by atoms with E-state index in [1.165, 1.54) is 4.90 Å². The van der Waals surface area contributed by atoms with Crippen molar-refractivity contribution in [3.63, 3.8) is 0 Å². The van der Waals surface area contributed by atoms with E-state index in [2.05, 4.69) is 0 Å². The molecule has 1 aliphatic rings. The molecule has 1 heterocycles. The Balaban J connectivity index is 1.89. The molecule has 1 saturated heterocycles. The van der Waals surface area contributed by atoms with Gasteiger partial charge in [-0.3, -0.25) is 14.5 Å². The number of rotatable bonds is 7. The van der Waals surface area contributed by atoms with Crippen LogP contribution in [0.4, 0.5) is 5.69 Å². The molecule has 0 radical (unpaired) electrons. The zero-order valence-corrected chi connectivity index (χ0v) is 22.1. The first kappa shape index (κ1) is 26.7. The molecule has 196 valence electrons. The summed E-state index contributed by atoms with van der Waals surface area (Å²) in [6.45, 7) is 7.90. The SMILES string of the molecule is CCOC(=O)c1ccc(N2C(=O)C(=O)/C(=C(\O)c3ccc(OC)c(C(C)C)c3)C2c2cccc(C)c2)cc1. The number of carbonyl (C=O) groups excluding carboxylic acids is 3. The predicted octanol–water partition coefficient (Wildman–Crippen LogP) is 5.93. The lowest BCUT2D eigenvalue weighted by molar-refractivity contribution is -0.132. The van der Waals surface area contributed by atoms with Gasteiger partial charge in [-0.05, 0) is 73.4 Å². The summed E-state index contributed by atoms with van der Waals surface area (Å²) in [6.07, 6.45) is 0. The Morgan fingerprint density at radius 3 is 2.29 bits per heavy atom. The van der Waals surface area contributed by atoms with Crippen LogP contribution >= 0.6 is 0 Å². The number of aryl methyl sites for hydroxylation is 1. The number of aliphatic hydroxyl groups is 1. The van der Waals surface area contributed by atoms with Gasteiger partial charge in [0.2, 0.25) is 0 Å². The molecule has 0 aromatic heterocycles. The van der Waals surface area contributed by atoms with Gasteiger partial charge in [-0.2, -0.15) is 0 Å². The number of methoxy groups -OCH3 is 1. The lowest BCUT2D eigenvalue weighted by Crippen LogP contribution is -2.29. The third-order valence-electron chi connectivity index (χ3n) is 6.58. The molecule has 0 aliphatic carbocycles. The third kappa shape index (κ3) is 4.92. The fraction of sp³-hybridized carbons (Fsp3) is 0.258. The molecule has 1 fully saturated rings. The number of benzene rings is 3. The Kier molecular flexibility index (Phi) is 7.67. The molecule has 1 amide bonds. The molecule has 38 heavy (non-hydrogen) atoms. The standard InChI is InChI=1S/C31H31NO6/c1-6-38-31(36)20-10-13-23(14-11-20)32-27(21-9-7-8-19(4)16-21)26(29(34)30(32)35)28(33)22-12-15-25(37-5)24(17-22)18(2)3/h7-18,27,33H,6H2,1-5H3/b28-26-. The minimum atomic E-state index is -0.868. The molecule has 7 nitrogen and oxygen atoms in total. The Labute approximate surface area is 222 Å². The lowest BCUT2D eigenvalue weighted by Gasteiger charge is -2.26. The molecule has 1 atom stereocenters. The first-order valence-corrected chi connectivity index (χ1v) is 12.5. The Morgan fingerprint density at radius 2 is 1.68 bits per heavy atom. The van der Waals surface area contributed by atoms with E-state index < -0.39 is 23.7 Å². The second kappa shape index (κ2) is 10.9. The number of nitrogens with zero attached hydrogens (tertiary/aromatic N) is 1. The van der Waals surface area contributed by atoms with Gasteiger partial charge in [0.25, 0.3) is 11.7 Å². The van der Waals surface area contributed by atoms with E-state index in [1.54, 1.807) is 56.5 Å². The molecule has 3 aromatic carbocycles. The second-order valence-electron chi connectivity index (χ2n) is 9.46. The molecule has 0 bridgehead atoms. The fourth-order valence-electron chi connectivity index (χ4n) is 4.72. The zero-order chi connectivity index (χ0) is 27.6. The summed E-state index contributed by atoms with van der Waals surface area (Å²) in [5.74, 6) is -1.51. The van der Waals surface area contributed by atoms with Crippen molar-refractivity contribution in [1.82, 2.24) is 0 Å². The summed E-state index contributed by atoms with van der Waals surface area (Å²) in [4.78, 5) is 40.4. The van der Waals surface area contributed by atoms with Crippen molar-refractivity contribution in [2.45, 2.75) is 39.7 Å². The van der Waals surface area contributed by atoms with Gasteiger partial charge < -0.3 is 14.6 Å². The van der Waals surface area contributed by atoms with Crippen molar-refractivity contribution in [2.75, 3.05) is 18.6 Å². The van der Waals surface area contributed by atoms with Crippen LogP contribution < -0.4 is 9.64 Å². The minimum Gasteiger partial charge on any atom is -0.507 e. The van der Waals surface area contributed by atoms with Gasteiger partial charge in [-0.25, -0.2) is 4.79 Å². The Bertz CT molecular complexity index is 1420. The Hall–Kier alpha value is -4.39. The molecule has 1 unspecified atom stereocenters. The molecular formula is C31H31NO6. The van der Waals surface area contributed by atoms with E-state index in [0.29, 0.717) is 28.1 Å². The van der Waals surface area contributed by atoms with Crippen LogP contribution in [0.3, 0.4) is 0 Å². The summed E-state index contributed by atoms with van der Waals surface area (Å²) in [5, 5.41) is 11.5. The van der Waals surface area contributed by atoms with Gasteiger partial charge in [-0.15, -0.1) is 0 Å². The normalized spacial score (nSPS) is 16.7. The first-order valence-electron chi connectivity index (χ1n) is 12.5. The molecule has 3 aromatic rings. The van der Waals surface area contributed by atoms with Crippen LogP contribution in [0, 0.1) is 6.92 Å². The van der Waals surface area contributed by atoms with Crippen molar-refractivity contribution in [1.29, 1.82) is 0 Å². The van der Waals surface area contributed by atoms with Crippen molar-refractivity contribution in [3.05, 3.63) is 100 Å². The molecular weight excluding hydrogens is 482 g/mol. The number of aliphatic hydroxyl groups excluding tert-OH is 1. The summed E-state index contributed by atoms with van der Waals surface area (Å²) in [6, 6.07) is 18.1. The van der Waals surface area contributed by atoms with Crippen LogP contribution in [0.5, 0.6) is 5.75 Å². The van der Waals surface area contributed by atoms with Gasteiger partial charge in [0.15, 0.2) is 0 Å². The van der Waals surface area contributed by atoms with Crippen molar-refractivity contribution < 1.29 is 29.0 Å². The number of anilines is 1. The first-order chi connectivity index (χ1) is 18.2. The van der Waals surface area contributed by atoms with E-state index >= 15 is 0 Å². The van der Waals surface area contributed by atoms with E-state index in [0.717, 1.165) is 11.1 Å². The second-order valence-corrected chi connectivity index (χ2v) is 9.46. The van der Waals surface area contributed by atoms with Crippen LogP contribution in [0.15, 0.2) is 72.3 Å². The van der Waals surface area contributed by atoms with Crippen LogP contribution in [-0.2, 0) is 14.3 Å². The maximum atomic E-state index is 13.5. The van der Waals surface area contributed by atoms with Crippen LogP contribution in [0.1, 0.15) is 65.3 Å². The van der Waals surface area contributed by atoms with E-state index in [-0.39, 0.29) is 23.9 Å². The van der Waals surface area contributed by atoms with Crippen LogP contribution in [-0.4, -0.2) is 36.5 Å². The zero-order valence-electron chi connectivity index (χ0n) is 22.1. The summed E-state index contributed by atoms with van der Waals surface area (Å²) in [7, 11) is 1.58. The monoisotopic (exact) mass is 513 g/mol. The minimum absolute atomic E-state index is 0.00468. The summed E-state index contributed by atoms with van der Waals surface area (Å²) >= 11 is 0. The average Bonchev–Trinajstić information content (AvgIpc) is 3.18. The molecule has 7 heteroatoms. The van der Waals surface area contributed by atoms with E-state index in [4.69, 9.17) is 9.47 Å². The molecule has 0 saturated carbocycles. The maximum absolute atomic E-state index is 13.5. The van der Waals surface area contributed by atoms with Gasteiger partial charge in [0.1, 0.15) is 11.5 Å². The van der Waals surface area contributed by atoms with Gasteiger partial charge in [0, 0.05) is 11.3 Å². The van der Waals surface area contributed by atoms with E-state index in [9.17, 15) is 19.5 Å². The maximum Gasteiger partial charge on any atom is 0.338 e. The number of esters is 1. The van der Waals surface area contributed by atoms with Gasteiger partial charge in [-0.1, -0.05) is 43.7 Å². The third-order valence-corrected chi connectivity index (χ3v) is 6.58. The highest BCUT2D eigenvalue weighted by atomic mass is 16.5. The Morgan fingerprint density at radius 1 is 1.00 bits per heavy atom. The number of hydrogen-bond donors (Lipinski definition) is 1. The highest BCUT2D eigenvalue weighted by molar-refractivity contribution is 6.51. The highest BCUT2D eigenvalue weighted by Crippen LogP contribution is 2.43. The summed E-state index contributed by atoms with van der Waals surface area (Å²) < 4.78 is 10.5. The molecule has 4 rings (SSSR count). The van der Waals surface area contributed by atoms with Crippen LogP contribution in [0.25, 0.3) is 5.76 Å². The fourth-order valence-corrected chi connectivity index (χ4v) is 4.72. The number of amides is 1. The number of carbonyl (C=O) groups is 3. The largest absolute Gasteiger partial charge is 0.507 e. The van der Waals surface area contributed by atoms with Gasteiger partial charge in [0.05, 0.1) is 30.9 Å². The smallest absolute Gasteiger partial charge is 0.338 e. The van der Waals surface area contributed by atoms with Crippen molar-refractivity contribution >= 4 is 29.1 Å². The van der Waals surface area contributed by atoms with Crippen molar-refractivity contribution in [3.8, 4) is 5.75 Å². The highest BCUT2D eigenvalue weighted by Gasteiger charge is 2.47. The topological polar surface area (TPSA) is 93.1 Å².